The minimum atomic E-state index is 0.348. The minimum Gasteiger partial charge on any atom is -0.369 e. The molecular formula is C16H25N3S. The van der Waals surface area contributed by atoms with Gasteiger partial charge in [-0.15, -0.1) is 11.8 Å². The zero-order valence-electron chi connectivity index (χ0n) is 12.7. The van der Waals surface area contributed by atoms with Crippen LogP contribution < -0.4 is 10.2 Å². The van der Waals surface area contributed by atoms with Crippen molar-refractivity contribution in [2.75, 3.05) is 44.7 Å². The van der Waals surface area contributed by atoms with E-state index >= 15 is 0 Å². The van der Waals surface area contributed by atoms with Gasteiger partial charge >= 0.3 is 0 Å². The highest BCUT2D eigenvalue weighted by molar-refractivity contribution is 8.01. The van der Waals surface area contributed by atoms with Crippen molar-refractivity contribution in [3.63, 3.8) is 0 Å². The summed E-state index contributed by atoms with van der Waals surface area (Å²) in [4.78, 5) is 4.88. The lowest BCUT2D eigenvalue weighted by Crippen LogP contribution is -2.44. The summed E-state index contributed by atoms with van der Waals surface area (Å²) in [5, 5.41) is 4.06. The molecule has 0 aliphatic carbocycles. The third-order valence-electron chi connectivity index (χ3n) is 4.21. The molecule has 2 heterocycles. The number of nitrogens with one attached hydrogen (secondary N) is 1. The predicted molar refractivity (Wildman–Crippen MR) is 88.6 cm³/mol. The smallest absolute Gasteiger partial charge is 0.0795 e. The third-order valence-corrected chi connectivity index (χ3v) is 5.67. The number of thioether (sulfide) groups is 1. The van der Waals surface area contributed by atoms with E-state index < -0.39 is 0 Å². The molecule has 0 spiro atoms. The van der Waals surface area contributed by atoms with E-state index in [4.69, 9.17) is 0 Å². The standard InChI is InChI=1S/C16H25N3S/c1-16(2)12-17-15(20-16)13-4-6-14(7-5-13)19-10-8-18(3)9-11-19/h4-7,15,17H,8-12H2,1-3H3. The summed E-state index contributed by atoms with van der Waals surface area (Å²) < 4.78 is 0.348. The van der Waals surface area contributed by atoms with E-state index in [1.807, 2.05) is 11.8 Å². The van der Waals surface area contributed by atoms with Crippen LogP contribution in [0.1, 0.15) is 24.8 Å². The minimum absolute atomic E-state index is 0.348. The molecule has 1 N–H and O–H groups in total. The molecule has 0 aromatic heterocycles. The quantitative estimate of drug-likeness (QED) is 0.902. The largest absolute Gasteiger partial charge is 0.369 e. The normalized spacial score (nSPS) is 26.9. The van der Waals surface area contributed by atoms with Gasteiger partial charge in [-0.2, -0.15) is 0 Å². The van der Waals surface area contributed by atoms with Crippen LogP contribution in [0.25, 0.3) is 0 Å². The summed E-state index contributed by atoms with van der Waals surface area (Å²) in [6.45, 7) is 10.3. The lowest BCUT2D eigenvalue weighted by Gasteiger charge is -2.34. The molecule has 2 aliphatic rings. The van der Waals surface area contributed by atoms with E-state index in [2.05, 4.69) is 60.3 Å². The van der Waals surface area contributed by atoms with Crippen molar-refractivity contribution >= 4 is 17.4 Å². The number of hydrogen-bond acceptors (Lipinski definition) is 4. The molecule has 2 fully saturated rings. The van der Waals surface area contributed by atoms with E-state index in [0.717, 1.165) is 32.7 Å². The van der Waals surface area contributed by atoms with Crippen molar-refractivity contribution in [3.05, 3.63) is 29.8 Å². The molecule has 4 heteroatoms. The van der Waals surface area contributed by atoms with Gasteiger partial charge in [0.2, 0.25) is 0 Å². The van der Waals surface area contributed by atoms with Gasteiger partial charge < -0.3 is 15.1 Å². The summed E-state index contributed by atoms with van der Waals surface area (Å²) in [6.07, 6.45) is 0. The SMILES string of the molecule is CN1CCN(c2ccc(C3NCC(C)(C)S3)cc2)CC1. The van der Waals surface area contributed by atoms with Crippen LogP contribution in [0.4, 0.5) is 5.69 Å². The lowest BCUT2D eigenvalue weighted by molar-refractivity contribution is 0.313. The Morgan fingerprint density at radius 1 is 1.10 bits per heavy atom. The fraction of sp³-hybridized carbons (Fsp3) is 0.625. The number of hydrogen-bond donors (Lipinski definition) is 1. The average Bonchev–Trinajstić information content (AvgIpc) is 2.80. The molecule has 0 radical (unpaired) electrons. The van der Waals surface area contributed by atoms with Gasteiger partial charge in [-0.25, -0.2) is 0 Å². The van der Waals surface area contributed by atoms with E-state index in [0.29, 0.717) is 10.1 Å². The first-order chi connectivity index (χ1) is 9.53. The van der Waals surface area contributed by atoms with E-state index in [1.54, 1.807) is 0 Å². The Bertz CT molecular complexity index is 449. The Morgan fingerprint density at radius 2 is 1.75 bits per heavy atom. The summed E-state index contributed by atoms with van der Waals surface area (Å²) in [7, 11) is 2.20. The van der Waals surface area contributed by atoms with Crippen LogP contribution in [0, 0.1) is 0 Å². The van der Waals surface area contributed by atoms with Crippen LogP contribution in [0.5, 0.6) is 0 Å². The molecule has 2 aliphatic heterocycles. The Hall–Kier alpha value is -0.710. The molecule has 110 valence electrons. The molecular weight excluding hydrogens is 266 g/mol. The van der Waals surface area contributed by atoms with Gasteiger partial charge in [-0.1, -0.05) is 12.1 Å². The van der Waals surface area contributed by atoms with Crippen LogP contribution in [-0.2, 0) is 0 Å². The molecule has 1 aromatic rings. The van der Waals surface area contributed by atoms with Crippen molar-refractivity contribution in [2.45, 2.75) is 24.0 Å². The van der Waals surface area contributed by atoms with E-state index in [1.165, 1.54) is 11.3 Å². The number of anilines is 1. The Morgan fingerprint density at radius 3 is 2.30 bits per heavy atom. The van der Waals surface area contributed by atoms with Gasteiger partial charge in [-0.3, -0.25) is 0 Å². The zero-order chi connectivity index (χ0) is 14.2. The lowest BCUT2D eigenvalue weighted by atomic mass is 10.1. The predicted octanol–water partition coefficient (Wildman–Crippen LogP) is 2.55. The highest BCUT2D eigenvalue weighted by atomic mass is 32.2. The summed E-state index contributed by atoms with van der Waals surface area (Å²) >= 11 is 2.03. The van der Waals surface area contributed by atoms with Crippen molar-refractivity contribution in [1.82, 2.24) is 10.2 Å². The second-order valence-electron chi connectivity index (χ2n) is 6.52. The molecule has 0 saturated carbocycles. The maximum atomic E-state index is 3.61. The first-order valence-corrected chi connectivity index (χ1v) is 8.36. The fourth-order valence-corrected chi connectivity index (χ4v) is 4.12. The molecule has 1 atom stereocenters. The van der Waals surface area contributed by atoms with Crippen LogP contribution in [0.2, 0.25) is 0 Å². The van der Waals surface area contributed by atoms with Crippen LogP contribution >= 0.6 is 11.8 Å². The summed E-state index contributed by atoms with van der Waals surface area (Å²) in [5.41, 5.74) is 2.77. The monoisotopic (exact) mass is 291 g/mol. The van der Waals surface area contributed by atoms with Crippen LogP contribution in [-0.4, -0.2) is 49.4 Å². The topological polar surface area (TPSA) is 18.5 Å². The van der Waals surface area contributed by atoms with Crippen LogP contribution in [0.3, 0.4) is 0 Å². The molecule has 3 rings (SSSR count). The van der Waals surface area contributed by atoms with Gasteiger partial charge in [0.25, 0.3) is 0 Å². The zero-order valence-corrected chi connectivity index (χ0v) is 13.5. The molecule has 2 saturated heterocycles. The van der Waals surface area contributed by atoms with E-state index in [-0.39, 0.29) is 0 Å². The molecule has 0 amide bonds. The van der Waals surface area contributed by atoms with Crippen molar-refractivity contribution < 1.29 is 0 Å². The average molecular weight is 291 g/mol. The number of piperazine rings is 1. The van der Waals surface area contributed by atoms with E-state index in [9.17, 15) is 0 Å². The number of benzene rings is 1. The first kappa shape index (κ1) is 14.2. The van der Waals surface area contributed by atoms with Crippen molar-refractivity contribution in [3.8, 4) is 0 Å². The molecule has 3 nitrogen and oxygen atoms in total. The van der Waals surface area contributed by atoms with Gasteiger partial charge in [0, 0.05) is 43.2 Å². The number of likely N-dealkylation sites (N-methyl/N-ethyl adjacent to an activating group) is 1. The molecule has 1 unspecified atom stereocenters. The molecule has 1 aromatic carbocycles. The second-order valence-corrected chi connectivity index (χ2v) is 8.33. The highest BCUT2D eigenvalue weighted by Crippen LogP contribution is 2.42. The molecule has 20 heavy (non-hydrogen) atoms. The van der Waals surface area contributed by atoms with Gasteiger partial charge in [0.05, 0.1) is 5.37 Å². The van der Waals surface area contributed by atoms with Crippen LogP contribution in [0.15, 0.2) is 24.3 Å². The van der Waals surface area contributed by atoms with Gasteiger partial charge in [0.15, 0.2) is 0 Å². The first-order valence-electron chi connectivity index (χ1n) is 7.48. The van der Waals surface area contributed by atoms with Crippen molar-refractivity contribution in [1.29, 1.82) is 0 Å². The fourth-order valence-electron chi connectivity index (χ4n) is 2.85. The third kappa shape index (κ3) is 3.13. The van der Waals surface area contributed by atoms with Crippen molar-refractivity contribution in [2.24, 2.45) is 0 Å². The number of nitrogens with zero attached hydrogens (tertiary/aromatic N) is 2. The Balaban J connectivity index is 1.66. The second kappa shape index (κ2) is 5.58. The van der Waals surface area contributed by atoms with Gasteiger partial charge in [-0.05, 0) is 38.6 Å². The maximum absolute atomic E-state index is 3.61. The number of rotatable bonds is 2. The Labute approximate surface area is 126 Å². The van der Waals surface area contributed by atoms with Gasteiger partial charge in [0.1, 0.15) is 0 Å². The summed E-state index contributed by atoms with van der Waals surface area (Å²) in [5.74, 6) is 0. The molecule has 0 bridgehead atoms. The highest BCUT2D eigenvalue weighted by Gasteiger charge is 2.31. The Kier molecular flexibility index (Phi) is 3.98. The summed E-state index contributed by atoms with van der Waals surface area (Å²) in [6, 6.07) is 9.15. The maximum Gasteiger partial charge on any atom is 0.0795 e.